The van der Waals surface area contributed by atoms with Crippen molar-refractivity contribution >= 4 is 11.5 Å². The van der Waals surface area contributed by atoms with Crippen molar-refractivity contribution in [3.05, 3.63) is 36.8 Å². The van der Waals surface area contributed by atoms with E-state index in [1.807, 2.05) is 23.1 Å². The van der Waals surface area contributed by atoms with Crippen LogP contribution >= 0.6 is 0 Å². The van der Waals surface area contributed by atoms with Gasteiger partial charge in [0.05, 0.1) is 24.0 Å². The molecule has 0 N–H and O–H groups in total. The fourth-order valence-corrected chi connectivity index (χ4v) is 2.58. The normalized spacial score (nSPS) is 18.5. The molecule has 0 amide bonds. The Bertz CT molecular complexity index is 786. The summed E-state index contributed by atoms with van der Waals surface area (Å²) in [5.41, 5.74) is 2.54. The summed E-state index contributed by atoms with van der Waals surface area (Å²) in [4.78, 5) is 10.7. The van der Waals surface area contributed by atoms with Gasteiger partial charge in [-0.05, 0) is 24.6 Å². The third kappa shape index (κ3) is 2.10. The zero-order valence-corrected chi connectivity index (χ0v) is 11.2. The van der Waals surface area contributed by atoms with Crippen LogP contribution in [0.3, 0.4) is 0 Å². The third-order valence-electron chi connectivity index (χ3n) is 3.64. The van der Waals surface area contributed by atoms with Gasteiger partial charge in [0.15, 0.2) is 0 Å². The Labute approximate surface area is 120 Å². The monoisotopic (exact) mass is 284 g/mol. The van der Waals surface area contributed by atoms with Gasteiger partial charge in [-0.3, -0.25) is 0 Å². The molecular weight excluding hydrogens is 271 g/mol. The van der Waals surface area contributed by atoms with Crippen LogP contribution in [0.5, 0.6) is 0 Å². The number of rotatable bonds is 2. The van der Waals surface area contributed by atoms with Crippen molar-refractivity contribution in [2.45, 2.75) is 12.6 Å². The van der Waals surface area contributed by atoms with Crippen LogP contribution < -0.4 is 4.90 Å². The van der Waals surface area contributed by atoms with Crippen molar-refractivity contribution in [1.82, 2.24) is 24.8 Å². The van der Waals surface area contributed by atoms with Crippen molar-refractivity contribution in [1.29, 1.82) is 0 Å². The van der Waals surface area contributed by atoms with Crippen molar-refractivity contribution in [2.75, 3.05) is 18.0 Å². The van der Waals surface area contributed by atoms with E-state index < -0.39 is 6.17 Å². The summed E-state index contributed by atoms with van der Waals surface area (Å²) in [5, 5.41) is 8.35. The molecule has 0 radical (unpaired) electrons. The van der Waals surface area contributed by atoms with Gasteiger partial charge in [0.1, 0.15) is 6.17 Å². The van der Waals surface area contributed by atoms with E-state index in [2.05, 4.69) is 20.2 Å². The maximum Gasteiger partial charge on any atom is 0.225 e. The number of hydrogen-bond donors (Lipinski definition) is 0. The van der Waals surface area contributed by atoms with Crippen LogP contribution in [0.4, 0.5) is 10.3 Å². The van der Waals surface area contributed by atoms with E-state index in [-0.39, 0.29) is 0 Å². The maximum absolute atomic E-state index is 13.3. The lowest BCUT2D eigenvalue weighted by Gasteiger charge is -2.15. The summed E-state index contributed by atoms with van der Waals surface area (Å²) >= 11 is 0. The Morgan fingerprint density at radius 1 is 1.19 bits per heavy atom. The Morgan fingerprint density at radius 2 is 2.14 bits per heavy atom. The highest BCUT2D eigenvalue weighted by atomic mass is 19.1. The van der Waals surface area contributed by atoms with E-state index >= 15 is 0 Å². The first-order valence-corrected chi connectivity index (χ1v) is 6.83. The third-order valence-corrected chi connectivity index (χ3v) is 3.64. The van der Waals surface area contributed by atoms with Crippen LogP contribution in [0, 0.1) is 0 Å². The molecule has 1 saturated heterocycles. The van der Waals surface area contributed by atoms with E-state index in [1.165, 1.54) is 0 Å². The van der Waals surface area contributed by atoms with Crippen molar-refractivity contribution < 1.29 is 4.39 Å². The quantitative estimate of drug-likeness (QED) is 0.717. The van der Waals surface area contributed by atoms with Gasteiger partial charge in [-0.15, -0.1) is 0 Å². The standard InChI is InChI=1S/C14H13FN6/c15-10-4-7-20(9-10)14-16-6-3-12(19-14)11-8-18-21-13(11)2-1-5-17-21/h1-3,5-6,8,10H,4,7,9H2/t10-/m0/s1. The van der Waals surface area contributed by atoms with Crippen LogP contribution in [0.15, 0.2) is 36.8 Å². The molecule has 3 aromatic heterocycles. The van der Waals surface area contributed by atoms with Crippen LogP contribution in [0.1, 0.15) is 6.42 Å². The average Bonchev–Trinajstić information content (AvgIpc) is 3.13. The highest BCUT2D eigenvalue weighted by molar-refractivity contribution is 5.77. The first-order chi connectivity index (χ1) is 10.3. The number of nitrogens with zero attached hydrogens (tertiary/aromatic N) is 6. The molecule has 3 aromatic rings. The summed E-state index contributed by atoms with van der Waals surface area (Å²) < 4.78 is 14.9. The van der Waals surface area contributed by atoms with Gasteiger partial charge >= 0.3 is 0 Å². The number of aromatic nitrogens is 5. The topological polar surface area (TPSA) is 59.2 Å². The summed E-state index contributed by atoms with van der Waals surface area (Å²) in [7, 11) is 0. The molecule has 4 rings (SSSR count). The minimum Gasteiger partial charge on any atom is -0.338 e. The molecule has 0 aromatic carbocycles. The molecule has 0 saturated carbocycles. The zero-order valence-electron chi connectivity index (χ0n) is 11.2. The lowest BCUT2D eigenvalue weighted by atomic mass is 10.2. The largest absolute Gasteiger partial charge is 0.338 e. The molecule has 0 bridgehead atoms. The molecule has 1 atom stereocenters. The van der Waals surface area contributed by atoms with E-state index in [0.29, 0.717) is 25.5 Å². The molecule has 1 fully saturated rings. The molecule has 7 heteroatoms. The molecule has 1 aliphatic rings. The van der Waals surface area contributed by atoms with Gasteiger partial charge in [0.2, 0.25) is 5.95 Å². The molecule has 106 valence electrons. The predicted molar refractivity (Wildman–Crippen MR) is 75.7 cm³/mol. The second-order valence-electron chi connectivity index (χ2n) is 5.03. The van der Waals surface area contributed by atoms with E-state index in [4.69, 9.17) is 0 Å². The molecule has 0 spiro atoms. The molecule has 0 unspecified atom stereocenters. The van der Waals surface area contributed by atoms with Crippen LogP contribution in [0.2, 0.25) is 0 Å². The van der Waals surface area contributed by atoms with Gasteiger partial charge in [0, 0.05) is 24.5 Å². The molecule has 4 heterocycles. The van der Waals surface area contributed by atoms with Crippen molar-refractivity contribution in [3.63, 3.8) is 0 Å². The molecule has 21 heavy (non-hydrogen) atoms. The van der Waals surface area contributed by atoms with Crippen LogP contribution in [0.25, 0.3) is 16.8 Å². The van der Waals surface area contributed by atoms with Gasteiger partial charge < -0.3 is 4.90 Å². The lowest BCUT2D eigenvalue weighted by molar-refractivity contribution is 0.364. The molecule has 6 nitrogen and oxygen atoms in total. The summed E-state index contributed by atoms with van der Waals surface area (Å²) in [6.07, 6.45) is 4.85. The Hall–Kier alpha value is -2.57. The predicted octanol–water partition coefficient (Wildman–Crippen LogP) is 1.73. The van der Waals surface area contributed by atoms with E-state index in [9.17, 15) is 4.39 Å². The Morgan fingerprint density at radius 3 is 3.00 bits per heavy atom. The minimum absolute atomic E-state index is 0.361. The van der Waals surface area contributed by atoms with Crippen LogP contribution in [-0.4, -0.2) is 44.1 Å². The summed E-state index contributed by atoms with van der Waals surface area (Å²) in [6, 6.07) is 5.62. The van der Waals surface area contributed by atoms with Gasteiger partial charge in [-0.2, -0.15) is 14.8 Å². The molecule has 1 aliphatic heterocycles. The maximum atomic E-state index is 13.3. The minimum atomic E-state index is -0.793. The fraction of sp³-hybridized carbons (Fsp3) is 0.286. The van der Waals surface area contributed by atoms with Gasteiger partial charge in [0.25, 0.3) is 0 Å². The SMILES string of the molecule is F[C@H]1CCN(c2nccc(-c3cnn4ncccc34)n2)C1. The Kier molecular flexibility index (Phi) is 2.77. The van der Waals surface area contributed by atoms with Gasteiger partial charge in [-0.1, -0.05) is 0 Å². The summed E-state index contributed by atoms with van der Waals surface area (Å²) in [5.74, 6) is 0.566. The Balaban J connectivity index is 1.75. The number of hydrogen-bond acceptors (Lipinski definition) is 5. The van der Waals surface area contributed by atoms with Crippen LogP contribution in [-0.2, 0) is 0 Å². The van der Waals surface area contributed by atoms with Crippen molar-refractivity contribution in [3.8, 4) is 11.3 Å². The van der Waals surface area contributed by atoms with Gasteiger partial charge in [-0.25, -0.2) is 14.4 Å². The average molecular weight is 284 g/mol. The second-order valence-corrected chi connectivity index (χ2v) is 5.03. The number of alkyl halides is 1. The number of fused-ring (bicyclic) bond motifs is 1. The van der Waals surface area contributed by atoms with Crippen molar-refractivity contribution in [2.24, 2.45) is 0 Å². The first-order valence-electron chi connectivity index (χ1n) is 6.83. The fourth-order valence-electron chi connectivity index (χ4n) is 2.58. The summed E-state index contributed by atoms with van der Waals surface area (Å²) in [6.45, 7) is 1.01. The van der Waals surface area contributed by atoms with E-state index in [1.54, 1.807) is 23.2 Å². The molecule has 0 aliphatic carbocycles. The highest BCUT2D eigenvalue weighted by Crippen LogP contribution is 2.24. The molecular formula is C14H13FN6. The number of halogens is 1. The smallest absolute Gasteiger partial charge is 0.225 e. The number of anilines is 1. The lowest BCUT2D eigenvalue weighted by Crippen LogP contribution is -2.22. The van der Waals surface area contributed by atoms with E-state index in [0.717, 1.165) is 16.8 Å². The first kappa shape index (κ1) is 12.2. The zero-order chi connectivity index (χ0) is 14.2. The second kappa shape index (κ2) is 4.76. The highest BCUT2D eigenvalue weighted by Gasteiger charge is 2.24.